The van der Waals surface area contributed by atoms with Crippen LogP contribution >= 0.6 is 17.9 Å². The lowest BCUT2D eigenvalue weighted by atomic mass is 10.1. The molecule has 23 heavy (non-hydrogen) atoms. The summed E-state index contributed by atoms with van der Waals surface area (Å²) in [7, 11) is 0. The Kier molecular flexibility index (Phi) is 3.54. The van der Waals surface area contributed by atoms with Crippen molar-refractivity contribution in [3.05, 3.63) is 6.33 Å². The van der Waals surface area contributed by atoms with E-state index in [1.165, 1.54) is 10.9 Å². The van der Waals surface area contributed by atoms with E-state index in [1.807, 2.05) is 0 Å². The summed E-state index contributed by atoms with van der Waals surface area (Å²) in [5, 5.41) is 10.6. The predicted octanol–water partition coefficient (Wildman–Crippen LogP) is -0.181. The third kappa shape index (κ3) is 2.50. The Morgan fingerprint density at radius 2 is 2.22 bits per heavy atom. The van der Waals surface area contributed by atoms with Crippen molar-refractivity contribution in [2.75, 3.05) is 18.1 Å². The molecule has 0 amide bonds. The summed E-state index contributed by atoms with van der Waals surface area (Å²) in [6, 6.07) is 0. The zero-order chi connectivity index (χ0) is 16.4. The second-order valence-electron chi connectivity index (χ2n) is 5.18. The summed E-state index contributed by atoms with van der Waals surface area (Å²) in [4.78, 5) is 12.1. The topological polar surface area (TPSA) is 144 Å². The van der Waals surface area contributed by atoms with Gasteiger partial charge in [-0.15, -0.1) is 0 Å². The van der Waals surface area contributed by atoms with Crippen LogP contribution in [0.3, 0.4) is 0 Å². The average Bonchev–Trinajstić information content (AvgIpc) is 3.00. The van der Waals surface area contributed by atoms with Gasteiger partial charge in [0, 0.05) is 0 Å². The van der Waals surface area contributed by atoms with Gasteiger partial charge in [0.1, 0.15) is 23.8 Å². The molecule has 124 valence electrons. The van der Waals surface area contributed by atoms with Crippen molar-refractivity contribution in [3.63, 3.8) is 0 Å². The quantitative estimate of drug-likeness (QED) is 0.391. The number of aromatic nitrogens is 4. The van der Waals surface area contributed by atoms with Crippen LogP contribution in [0.1, 0.15) is 6.23 Å². The first-order chi connectivity index (χ1) is 10.9. The molecule has 5 N–H and O–H groups in total. The van der Waals surface area contributed by atoms with Crippen LogP contribution < -0.4 is 11.5 Å². The van der Waals surface area contributed by atoms with Crippen molar-refractivity contribution in [1.29, 1.82) is 0 Å². The number of hydrogen-bond donors (Lipinski definition) is 4. The van der Waals surface area contributed by atoms with Crippen LogP contribution in [-0.2, 0) is 25.6 Å². The summed E-state index contributed by atoms with van der Waals surface area (Å²) < 4.78 is 18.3. The first-order valence-electron chi connectivity index (χ1n) is 6.60. The third-order valence-corrected chi connectivity index (χ3v) is 5.90. The molecule has 0 radical (unpaired) electrons. The molecule has 13 heteroatoms. The van der Waals surface area contributed by atoms with E-state index < -0.39 is 30.2 Å². The highest BCUT2D eigenvalue weighted by Crippen LogP contribution is 2.59. The van der Waals surface area contributed by atoms with Crippen molar-refractivity contribution in [3.8, 4) is 0 Å². The Hall–Kier alpha value is -1.01. The number of nitrogens with zero attached hydrogens (tertiary/aromatic N) is 4. The molecule has 0 bridgehead atoms. The van der Waals surface area contributed by atoms with Crippen LogP contribution in [0.4, 0.5) is 11.8 Å². The fourth-order valence-electron chi connectivity index (χ4n) is 2.71. The summed E-state index contributed by atoms with van der Waals surface area (Å²) in [5.41, 5.74) is 9.49. The second kappa shape index (κ2) is 5.24. The fourth-order valence-corrected chi connectivity index (χ4v) is 4.68. The molecule has 4 rings (SSSR count). The second-order valence-corrected chi connectivity index (χ2v) is 10.4. The monoisotopic (exact) mass is 376 g/mol. The Morgan fingerprint density at radius 3 is 3.00 bits per heavy atom. The molecule has 0 spiro atoms. The van der Waals surface area contributed by atoms with Gasteiger partial charge >= 0.3 is 0 Å². The lowest BCUT2D eigenvalue weighted by Gasteiger charge is -2.31. The molecule has 2 saturated heterocycles. The van der Waals surface area contributed by atoms with Gasteiger partial charge in [-0.1, -0.05) is 12.2 Å². The number of fused-ring (bicyclic) bond motifs is 2. The summed E-state index contributed by atoms with van der Waals surface area (Å²) in [5.74, 6) is 0.161. The van der Waals surface area contributed by atoms with Crippen molar-refractivity contribution < 1.29 is 18.9 Å². The Labute approximate surface area is 140 Å². The van der Waals surface area contributed by atoms with Gasteiger partial charge < -0.3 is 30.4 Å². The smallest absolute Gasteiger partial charge is 0.244 e. The fraction of sp³-hybridized carbons (Fsp3) is 0.500. The van der Waals surface area contributed by atoms with Crippen LogP contribution in [0.2, 0.25) is 0 Å². The maximum Gasteiger partial charge on any atom is 0.244 e. The molecular weight excluding hydrogens is 363 g/mol. The molecule has 2 aromatic heterocycles. The Morgan fingerprint density at radius 1 is 1.43 bits per heavy atom. The molecule has 5 atom stereocenters. The number of nitrogens with two attached hydrogens (primary N) is 2. The number of nitrogen functional groups attached to an aromatic ring is 2. The zero-order valence-corrected chi connectivity index (χ0v) is 14.1. The third-order valence-electron chi connectivity index (χ3n) is 3.71. The number of anilines is 2. The molecular formula is C10H13N6O4PS2. The number of aliphatic hydroxyl groups is 1. The summed E-state index contributed by atoms with van der Waals surface area (Å²) >= 11 is 9.29. The van der Waals surface area contributed by atoms with Crippen LogP contribution in [-0.4, -0.2) is 49.5 Å². The van der Waals surface area contributed by atoms with Gasteiger partial charge in [0.25, 0.3) is 0 Å². The SMILES string of the molecule is Nc1nc(N)c2ncn([C@@H]3O[C@@H]4COP(=S)(S)O[C@H]4[C@H]3O)c2n1. The van der Waals surface area contributed by atoms with Gasteiger partial charge in [-0.05, 0) is 11.8 Å². The van der Waals surface area contributed by atoms with Crippen LogP contribution in [0.5, 0.6) is 0 Å². The predicted molar refractivity (Wildman–Crippen MR) is 88.2 cm³/mol. The molecule has 10 nitrogen and oxygen atoms in total. The van der Waals surface area contributed by atoms with E-state index in [-0.39, 0.29) is 18.4 Å². The average molecular weight is 376 g/mol. The summed E-state index contributed by atoms with van der Waals surface area (Å²) in [6.45, 7) is 0.199. The van der Waals surface area contributed by atoms with Crippen LogP contribution in [0, 0.1) is 0 Å². The Balaban J connectivity index is 1.73. The maximum atomic E-state index is 10.6. The largest absolute Gasteiger partial charge is 0.386 e. The first-order valence-corrected chi connectivity index (χ1v) is 10.4. The van der Waals surface area contributed by atoms with Crippen molar-refractivity contribution in [2.24, 2.45) is 0 Å². The standard InChI is InChI=1S/C10H13N6O4PS2/c11-7-4-8(15-10(12)14-7)16(2-13-4)9-5(17)6-3(19-9)1-18-21(22,23)20-6/h2-3,5-6,9,17H,1H2,(H,22,23)(H4,11,12,14,15)/t3-,5-,6-,9-/m1/s1. The number of ether oxygens (including phenoxy) is 1. The molecule has 2 aromatic rings. The number of rotatable bonds is 1. The molecule has 2 aliphatic rings. The van der Waals surface area contributed by atoms with Crippen LogP contribution in [0.25, 0.3) is 11.2 Å². The van der Waals surface area contributed by atoms with E-state index in [0.717, 1.165) is 0 Å². The van der Waals surface area contributed by atoms with Gasteiger partial charge in [-0.25, -0.2) is 4.98 Å². The minimum Gasteiger partial charge on any atom is -0.386 e. The molecule has 0 aliphatic carbocycles. The van der Waals surface area contributed by atoms with Gasteiger partial charge in [0.2, 0.25) is 11.6 Å². The van der Waals surface area contributed by atoms with Crippen molar-refractivity contribution >= 4 is 52.7 Å². The lowest BCUT2D eigenvalue weighted by molar-refractivity contribution is -0.0528. The molecule has 1 unspecified atom stereocenters. The minimum atomic E-state index is -2.66. The summed E-state index contributed by atoms with van der Waals surface area (Å²) in [6.07, 6.45) is -1.42. The van der Waals surface area contributed by atoms with E-state index in [2.05, 4.69) is 27.2 Å². The first kappa shape index (κ1) is 15.5. The van der Waals surface area contributed by atoms with E-state index >= 15 is 0 Å². The zero-order valence-electron chi connectivity index (χ0n) is 11.5. The van der Waals surface area contributed by atoms with E-state index in [0.29, 0.717) is 11.2 Å². The highest BCUT2D eigenvalue weighted by Gasteiger charge is 2.50. The van der Waals surface area contributed by atoms with Gasteiger partial charge in [-0.2, -0.15) is 9.97 Å². The number of aliphatic hydroxyl groups excluding tert-OH is 1. The lowest BCUT2D eigenvalue weighted by Crippen LogP contribution is -2.38. The maximum absolute atomic E-state index is 10.6. The van der Waals surface area contributed by atoms with Crippen LogP contribution in [0.15, 0.2) is 6.33 Å². The highest BCUT2D eigenvalue weighted by molar-refractivity contribution is 8.60. The van der Waals surface area contributed by atoms with E-state index in [9.17, 15) is 5.11 Å². The van der Waals surface area contributed by atoms with Crippen molar-refractivity contribution in [2.45, 2.75) is 24.5 Å². The van der Waals surface area contributed by atoms with E-state index in [4.69, 9.17) is 37.1 Å². The number of imidazole rings is 1. The number of hydrogen-bond acceptors (Lipinski definition) is 10. The highest BCUT2D eigenvalue weighted by atomic mass is 32.9. The molecule has 4 heterocycles. The van der Waals surface area contributed by atoms with Gasteiger partial charge in [-0.3, -0.25) is 4.57 Å². The molecule has 2 fully saturated rings. The number of thiol groups is 1. The van der Waals surface area contributed by atoms with Gasteiger partial charge in [0.15, 0.2) is 17.7 Å². The Bertz CT molecular complexity index is 833. The minimum absolute atomic E-state index is 0.00657. The van der Waals surface area contributed by atoms with Crippen molar-refractivity contribution in [1.82, 2.24) is 19.5 Å². The normalized spacial score (nSPS) is 37.1. The van der Waals surface area contributed by atoms with Gasteiger partial charge in [0.05, 0.1) is 12.9 Å². The van der Waals surface area contributed by atoms with E-state index in [1.54, 1.807) is 0 Å². The molecule has 0 saturated carbocycles. The molecule has 0 aromatic carbocycles. The molecule has 2 aliphatic heterocycles.